The lowest BCUT2D eigenvalue weighted by Crippen LogP contribution is -2.35. The first kappa shape index (κ1) is 11.4. The maximum Gasteiger partial charge on any atom is 0.124 e. The Morgan fingerprint density at radius 2 is 2.12 bits per heavy atom. The Kier molecular flexibility index (Phi) is 3.78. The lowest BCUT2D eigenvalue weighted by molar-refractivity contribution is 0.387. The molecule has 2 N–H and O–H groups in total. The van der Waals surface area contributed by atoms with Crippen LogP contribution in [0.25, 0.3) is 0 Å². The summed E-state index contributed by atoms with van der Waals surface area (Å²) in [7, 11) is 0. The predicted molar refractivity (Wildman–Crippen MR) is 62.3 cm³/mol. The quantitative estimate of drug-likeness (QED) is 0.825. The summed E-state index contributed by atoms with van der Waals surface area (Å²) < 4.78 is 12.6. The Morgan fingerprint density at radius 1 is 1.31 bits per heavy atom. The third-order valence-corrected chi connectivity index (χ3v) is 3.23. The van der Waals surface area contributed by atoms with Crippen molar-refractivity contribution in [2.24, 2.45) is 0 Å². The molecule has 1 aromatic carbocycles. The van der Waals surface area contributed by atoms with Crippen LogP contribution in [0.5, 0.6) is 5.75 Å². The molecule has 0 saturated carbocycles. The third-order valence-electron chi connectivity index (χ3n) is 3.23. The molecule has 0 bridgehead atoms. The zero-order valence-electron chi connectivity index (χ0n) is 9.38. The van der Waals surface area contributed by atoms with Gasteiger partial charge < -0.3 is 10.4 Å². The fourth-order valence-electron chi connectivity index (χ4n) is 2.28. The molecule has 1 aliphatic rings. The molecule has 1 heterocycles. The largest absolute Gasteiger partial charge is 0.507 e. The normalized spacial score (nSPS) is 20.9. The van der Waals surface area contributed by atoms with Crippen molar-refractivity contribution in [2.45, 2.75) is 38.4 Å². The van der Waals surface area contributed by atoms with Crippen molar-refractivity contribution in [3.8, 4) is 5.75 Å². The lowest BCUT2D eigenvalue weighted by Gasteiger charge is -2.24. The summed E-state index contributed by atoms with van der Waals surface area (Å²) in [6.07, 6.45) is 4.40. The van der Waals surface area contributed by atoms with E-state index in [1.165, 1.54) is 12.8 Å². The van der Waals surface area contributed by atoms with Crippen molar-refractivity contribution in [2.75, 3.05) is 6.54 Å². The molecule has 88 valence electrons. The van der Waals surface area contributed by atoms with Gasteiger partial charge >= 0.3 is 0 Å². The summed E-state index contributed by atoms with van der Waals surface area (Å²) in [6.45, 7) is 0.450. The Hall–Kier alpha value is -1.09. The fraction of sp³-hybridized carbons (Fsp3) is 0.538. The Balaban J connectivity index is 2.08. The van der Waals surface area contributed by atoms with Crippen LogP contribution in [0, 0.1) is 0 Å². The molecule has 2 rings (SSSR count). The van der Waals surface area contributed by atoms with Gasteiger partial charge in [0.15, 0.2) is 0 Å². The number of nitrogens with one attached hydrogen (secondary N) is 1. The van der Waals surface area contributed by atoms with Gasteiger partial charge in [-0.25, -0.2) is 4.39 Å². The van der Waals surface area contributed by atoms with Crippen LogP contribution in [0.3, 0.4) is 0 Å². The minimum Gasteiger partial charge on any atom is -0.507 e. The van der Waals surface area contributed by atoms with Crippen molar-refractivity contribution < 1.29 is 9.50 Å². The lowest BCUT2D eigenvalue weighted by atomic mass is 9.96. The van der Waals surface area contributed by atoms with E-state index in [0.29, 0.717) is 11.6 Å². The van der Waals surface area contributed by atoms with Crippen LogP contribution < -0.4 is 5.32 Å². The van der Waals surface area contributed by atoms with Gasteiger partial charge in [0.25, 0.3) is 0 Å². The Bertz CT molecular complexity index is 348. The van der Waals surface area contributed by atoms with Crippen molar-refractivity contribution in [3.05, 3.63) is 29.3 Å². The van der Waals surface area contributed by atoms with Crippen LogP contribution in [0.4, 0.5) is 4.39 Å². The van der Waals surface area contributed by atoms with Gasteiger partial charge in [-0.3, -0.25) is 0 Å². The number of phenols is 1. The highest BCUT2D eigenvalue weighted by Crippen LogP contribution is 2.25. The second-order valence-electron chi connectivity index (χ2n) is 4.41. The van der Waals surface area contributed by atoms with E-state index in [0.717, 1.165) is 24.9 Å². The SMILES string of the molecule is Oc1c(CF)cccc1CC1CCCCN1. The first-order valence-corrected chi connectivity index (χ1v) is 5.90. The fourth-order valence-corrected chi connectivity index (χ4v) is 2.28. The first-order chi connectivity index (χ1) is 7.81. The second-order valence-corrected chi connectivity index (χ2v) is 4.41. The van der Waals surface area contributed by atoms with E-state index in [2.05, 4.69) is 5.32 Å². The molecule has 1 saturated heterocycles. The van der Waals surface area contributed by atoms with Crippen molar-refractivity contribution >= 4 is 0 Å². The molecule has 2 nitrogen and oxygen atoms in total. The van der Waals surface area contributed by atoms with Crippen LogP contribution in [-0.2, 0) is 13.1 Å². The van der Waals surface area contributed by atoms with Crippen LogP contribution in [-0.4, -0.2) is 17.7 Å². The van der Waals surface area contributed by atoms with Crippen LogP contribution >= 0.6 is 0 Å². The number of halogens is 1. The van der Waals surface area contributed by atoms with E-state index in [-0.39, 0.29) is 5.75 Å². The monoisotopic (exact) mass is 223 g/mol. The topological polar surface area (TPSA) is 32.3 Å². The summed E-state index contributed by atoms with van der Waals surface area (Å²) in [6, 6.07) is 5.75. The van der Waals surface area contributed by atoms with E-state index in [9.17, 15) is 9.50 Å². The van der Waals surface area contributed by atoms with Crippen molar-refractivity contribution in [3.63, 3.8) is 0 Å². The number of benzene rings is 1. The van der Waals surface area contributed by atoms with Gasteiger partial charge in [0.05, 0.1) is 0 Å². The zero-order valence-corrected chi connectivity index (χ0v) is 9.38. The standard InChI is InChI=1S/C13H18FNO/c14-9-11-5-3-4-10(13(11)16)8-12-6-1-2-7-15-12/h3-5,12,15-16H,1-2,6-9H2. The molecular weight excluding hydrogens is 205 g/mol. The number of hydrogen-bond acceptors (Lipinski definition) is 2. The Labute approximate surface area is 95.5 Å². The van der Waals surface area contributed by atoms with Gasteiger partial charge in [-0.1, -0.05) is 24.6 Å². The van der Waals surface area contributed by atoms with Gasteiger partial charge in [0.1, 0.15) is 12.4 Å². The molecule has 0 aliphatic carbocycles. The number of phenolic OH excluding ortho intramolecular Hbond substituents is 1. The molecule has 3 heteroatoms. The number of hydrogen-bond donors (Lipinski definition) is 2. The minimum absolute atomic E-state index is 0.136. The first-order valence-electron chi connectivity index (χ1n) is 5.90. The molecule has 0 spiro atoms. The number of piperidine rings is 1. The van der Waals surface area contributed by atoms with Gasteiger partial charge in [-0.05, 0) is 31.4 Å². The van der Waals surface area contributed by atoms with E-state index < -0.39 is 6.67 Å². The van der Waals surface area contributed by atoms with Crippen LogP contribution in [0.1, 0.15) is 30.4 Å². The summed E-state index contributed by atoms with van der Waals surface area (Å²) in [5, 5.41) is 13.3. The van der Waals surface area contributed by atoms with Crippen molar-refractivity contribution in [1.29, 1.82) is 0 Å². The smallest absolute Gasteiger partial charge is 0.124 e. The molecule has 1 unspecified atom stereocenters. The minimum atomic E-state index is -0.599. The van der Waals surface area contributed by atoms with E-state index in [1.54, 1.807) is 6.07 Å². The summed E-state index contributed by atoms with van der Waals surface area (Å²) in [4.78, 5) is 0. The third kappa shape index (κ3) is 2.53. The predicted octanol–water partition coefficient (Wildman–Crippen LogP) is 2.55. The van der Waals surface area contributed by atoms with Gasteiger partial charge in [0, 0.05) is 11.6 Å². The maximum absolute atomic E-state index is 12.6. The average Bonchev–Trinajstić information content (AvgIpc) is 2.33. The van der Waals surface area contributed by atoms with E-state index in [1.807, 2.05) is 12.1 Å². The highest BCUT2D eigenvalue weighted by atomic mass is 19.1. The zero-order chi connectivity index (χ0) is 11.4. The molecular formula is C13H18FNO. The van der Waals surface area contributed by atoms with Gasteiger partial charge in [0.2, 0.25) is 0 Å². The number of rotatable bonds is 3. The van der Waals surface area contributed by atoms with Crippen molar-refractivity contribution in [1.82, 2.24) is 5.32 Å². The number of para-hydroxylation sites is 1. The van der Waals surface area contributed by atoms with E-state index in [4.69, 9.17) is 0 Å². The average molecular weight is 223 g/mol. The molecule has 0 radical (unpaired) electrons. The Morgan fingerprint density at radius 3 is 2.81 bits per heavy atom. The summed E-state index contributed by atoms with van der Waals surface area (Å²) in [5.41, 5.74) is 1.25. The molecule has 1 aliphatic heterocycles. The molecule has 1 aromatic rings. The number of alkyl halides is 1. The molecule has 0 aromatic heterocycles. The summed E-state index contributed by atoms with van der Waals surface area (Å²) >= 11 is 0. The molecule has 1 fully saturated rings. The molecule has 0 amide bonds. The summed E-state index contributed by atoms with van der Waals surface area (Å²) in [5.74, 6) is 0.136. The maximum atomic E-state index is 12.6. The van der Waals surface area contributed by atoms with Crippen LogP contribution in [0.2, 0.25) is 0 Å². The van der Waals surface area contributed by atoms with Crippen LogP contribution in [0.15, 0.2) is 18.2 Å². The van der Waals surface area contributed by atoms with E-state index >= 15 is 0 Å². The van der Waals surface area contributed by atoms with Gasteiger partial charge in [-0.15, -0.1) is 0 Å². The highest BCUT2D eigenvalue weighted by Gasteiger charge is 2.15. The molecule has 1 atom stereocenters. The highest BCUT2D eigenvalue weighted by molar-refractivity contribution is 5.40. The second kappa shape index (κ2) is 5.30. The van der Waals surface area contributed by atoms with Gasteiger partial charge in [-0.2, -0.15) is 0 Å². The molecule has 16 heavy (non-hydrogen) atoms. The number of aromatic hydroxyl groups is 1.